The molecule has 3 amide bonds. The summed E-state index contributed by atoms with van der Waals surface area (Å²) in [6.07, 6.45) is 4.71. The van der Waals surface area contributed by atoms with Gasteiger partial charge in [0.2, 0.25) is 0 Å². The Morgan fingerprint density at radius 3 is 2.46 bits per heavy atom. The number of anilines is 1. The molecule has 1 saturated heterocycles. The van der Waals surface area contributed by atoms with E-state index < -0.39 is 5.60 Å². The number of amides is 3. The summed E-state index contributed by atoms with van der Waals surface area (Å²) in [6.45, 7) is 7.51. The fraction of sp³-hybridized carbons (Fsp3) is 0.588. The second-order valence-corrected chi connectivity index (χ2v) is 6.98. The predicted octanol–water partition coefficient (Wildman–Crippen LogP) is 2.85. The van der Waals surface area contributed by atoms with Crippen LogP contribution in [-0.2, 0) is 4.74 Å². The summed E-state index contributed by atoms with van der Waals surface area (Å²) in [5.74, 6) is 0.367. The predicted molar refractivity (Wildman–Crippen MR) is 91.8 cm³/mol. The van der Waals surface area contributed by atoms with E-state index in [2.05, 4.69) is 15.6 Å². The number of rotatable bonds is 3. The van der Waals surface area contributed by atoms with Gasteiger partial charge in [-0.2, -0.15) is 0 Å². The van der Waals surface area contributed by atoms with Crippen molar-refractivity contribution in [1.29, 1.82) is 0 Å². The molecular weight excluding hydrogens is 308 g/mol. The van der Waals surface area contributed by atoms with Gasteiger partial charge in [0.1, 0.15) is 5.60 Å². The van der Waals surface area contributed by atoms with Gasteiger partial charge in [-0.3, -0.25) is 4.98 Å². The van der Waals surface area contributed by atoms with Crippen LogP contribution >= 0.6 is 0 Å². The normalized spacial score (nSPS) is 15.7. The lowest BCUT2D eigenvalue weighted by Crippen LogP contribution is -2.44. The van der Waals surface area contributed by atoms with Crippen molar-refractivity contribution in [1.82, 2.24) is 15.2 Å². The Morgan fingerprint density at radius 1 is 1.25 bits per heavy atom. The van der Waals surface area contributed by atoms with Gasteiger partial charge in [-0.25, -0.2) is 9.59 Å². The number of nitrogens with zero attached hydrogens (tertiary/aromatic N) is 2. The summed E-state index contributed by atoms with van der Waals surface area (Å²) in [5, 5.41) is 5.64. The zero-order chi connectivity index (χ0) is 17.6. The quantitative estimate of drug-likeness (QED) is 0.890. The fourth-order valence-corrected chi connectivity index (χ4v) is 2.49. The molecule has 0 saturated carbocycles. The van der Waals surface area contributed by atoms with E-state index >= 15 is 0 Å². The van der Waals surface area contributed by atoms with Crippen molar-refractivity contribution in [3.05, 3.63) is 24.5 Å². The van der Waals surface area contributed by atoms with Crippen molar-refractivity contribution in [3.63, 3.8) is 0 Å². The largest absolute Gasteiger partial charge is 0.444 e. The first kappa shape index (κ1) is 18.0. The molecule has 0 atom stereocenters. The number of carbonyl (C=O) groups is 2. The van der Waals surface area contributed by atoms with Crippen LogP contribution in [0.3, 0.4) is 0 Å². The van der Waals surface area contributed by atoms with Gasteiger partial charge in [0, 0.05) is 37.7 Å². The molecule has 0 bridgehead atoms. The van der Waals surface area contributed by atoms with E-state index in [1.54, 1.807) is 29.4 Å². The van der Waals surface area contributed by atoms with Crippen LogP contribution in [0, 0.1) is 5.92 Å². The summed E-state index contributed by atoms with van der Waals surface area (Å²) in [5.41, 5.74) is 0.239. The molecule has 132 valence electrons. The highest BCUT2D eigenvalue weighted by atomic mass is 16.6. The van der Waals surface area contributed by atoms with E-state index in [0.717, 1.165) is 12.8 Å². The molecule has 0 unspecified atom stereocenters. The topological polar surface area (TPSA) is 83.6 Å². The number of hydrogen-bond acceptors (Lipinski definition) is 4. The van der Waals surface area contributed by atoms with Crippen LogP contribution in [0.25, 0.3) is 0 Å². The Bertz CT molecular complexity index is 549. The standard InChI is InChI=1S/C17H26N4O3/c1-17(2,3)24-16(23)21-10-6-13(7-11-21)12-19-15(22)20-14-4-8-18-9-5-14/h4-5,8-9,13H,6-7,10-12H2,1-3H3,(H2,18,19,20,22). The monoisotopic (exact) mass is 334 g/mol. The van der Waals surface area contributed by atoms with Crippen molar-refractivity contribution in [2.24, 2.45) is 5.92 Å². The zero-order valence-electron chi connectivity index (χ0n) is 14.5. The van der Waals surface area contributed by atoms with E-state index in [1.807, 2.05) is 20.8 Å². The van der Waals surface area contributed by atoms with Gasteiger partial charge in [-0.15, -0.1) is 0 Å². The maximum absolute atomic E-state index is 12.0. The molecular formula is C17H26N4O3. The number of likely N-dealkylation sites (tertiary alicyclic amines) is 1. The number of hydrogen-bond donors (Lipinski definition) is 2. The van der Waals surface area contributed by atoms with Crippen LogP contribution < -0.4 is 10.6 Å². The summed E-state index contributed by atoms with van der Waals surface area (Å²) in [6, 6.07) is 3.24. The molecule has 0 radical (unpaired) electrons. The van der Waals surface area contributed by atoms with Crippen molar-refractivity contribution in [3.8, 4) is 0 Å². The Kier molecular flexibility index (Phi) is 6.00. The van der Waals surface area contributed by atoms with Gasteiger partial charge in [0.25, 0.3) is 0 Å². The lowest BCUT2D eigenvalue weighted by Gasteiger charge is -2.33. The third-order valence-electron chi connectivity index (χ3n) is 3.76. The van der Waals surface area contributed by atoms with Crippen LogP contribution in [0.2, 0.25) is 0 Å². The molecule has 7 heteroatoms. The van der Waals surface area contributed by atoms with Crippen LogP contribution in [0.15, 0.2) is 24.5 Å². The van der Waals surface area contributed by atoms with Crippen LogP contribution in [0.5, 0.6) is 0 Å². The molecule has 2 rings (SSSR count). The van der Waals surface area contributed by atoms with E-state index in [9.17, 15) is 9.59 Å². The van der Waals surface area contributed by atoms with Crippen LogP contribution in [0.1, 0.15) is 33.6 Å². The highest BCUT2D eigenvalue weighted by Crippen LogP contribution is 2.19. The van der Waals surface area contributed by atoms with E-state index in [1.165, 1.54) is 0 Å². The minimum absolute atomic E-state index is 0.226. The highest BCUT2D eigenvalue weighted by Gasteiger charge is 2.26. The minimum Gasteiger partial charge on any atom is -0.444 e. The number of nitrogens with one attached hydrogen (secondary N) is 2. The third kappa shape index (κ3) is 6.06. The molecule has 1 aliphatic heterocycles. The number of piperidine rings is 1. The summed E-state index contributed by atoms with van der Waals surface area (Å²) >= 11 is 0. The second kappa shape index (κ2) is 7.99. The molecule has 0 aromatic carbocycles. The van der Waals surface area contributed by atoms with E-state index in [4.69, 9.17) is 4.74 Å². The first-order chi connectivity index (χ1) is 11.3. The molecule has 1 aromatic heterocycles. The first-order valence-corrected chi connectivity index (χ1v) is 8.26. The molecule has 0 aliphatic carbocycles. The Hall–Kier alpha value is -2.31. The van der Waals surface area contributed by atoms with E-state index in [0.29, 0.717) is 31.2 Å². The Balaban J connectivity index is 1.68. The molecule has 24 heavy (non-hydrogen) atoms. The number of aromatic nitrogens is 1. The number of urea groups is 1. The van der Waals surface area contributed by atoms with Gasteiger partial charge >= 0.3 is 12.1 Å². The smallest absolute Gasteiger partial charge is 0.410 e. The van der Waals surface area contributed by atoms with Gasteiger partial charge in [-0.05, 0) is 51.7 Å². The molecule has 1 fully saturated rings. The second-order valence-electron chi connectivity index (χ2n) is 6.98. The van der Waals surface area contributed by atoms with Gasteiger partial charge < -0.3 is 20.3 Å². The van der Waals surface area contributed by atoms with Crippen molar-refractivity contribution < 1.29 is 14.3 Å². The lowest BCUT2D eigenvalue weighted by molar-refractivity contribution is 0.0185. The van der Waals surface area contributed by atoms with Crippen LogP contribution in [-0.4, -0.2) is 47.2 Å². The minimum atomic E-state index is -0.472. The highest BCUT2D eigenvalue weighted by molar-refractivity contribution is 5.89. The molecule has 0 spiro atoms. The third-order valence-corrected chi connectivity index (χ3v) is 3.76. The molecule has 2 heterocycles. The van der Waals surface area contributed by atoms with Crippen LogP contribution in [0.4, 0.5) is 15.3 Å². The van der Waals surface area contributed by atoms with Crippen molar-refractivity contribution in [2.45, 2.75) is 39.2 Å². The van der Waals surface area contributed by atoms with Gasteiger partial charge in [0.05, 0.1) is 0 Å². The Labute approximate surface area is 142 Å². The molecule has 2 N–H and O–H groups in total. The molecule has 1 aliphatic rings. The number of carbonyl (C=O) groups excluding carboxylic acids is 2. The summed E-state index contributed by atoms with van der Waals surface area (Å²) < 4.78 is 5.38. The zero-order valence-corrected chi connectivity index (χ0v) is 14.5. The maximum atomic E-state index is 12.0. The SMILES string of the molecule is CC(C)(C)OC(=O)N1CCC(CNC(=O)Nc2ccncc2)CC1. The average molecular weight is 334 g/mol. The molecule has 7 nitrogen and oxygen atoms in total. The lowest BCUT2D eigenvalue weighted by atomic mass is 9.97. The van der Waals surface area contributed by atoms with E-state index in [-0.39, 0.29) is 12.1 Å². The maximum Gasteiger partial charge on any atom is 0.410 e. The van der Waals surface area contributed by atoms with Crippen molar-refractivity contribution in [2.75, 3.05) is 25.0 Å². The van der Waals surface area contributed by atoms with Gasteiger partial charge in [-0.1, -0.05) is 0 Å². The Morgan fingerprint density at radius 2 is 1.88 bits per heavy atom. The van der Waals surface area contributed by atoms with Gasteiger partial charge in [0.15, 0.2) is 0 Å². The first-order valence-electron chi connectivity index (χ1n) is 8.26. The van der Waals surface area contributed by atoms with Crippen molar-refractivity contribution >= 4 is 17.8 Å². The summed E-state index contributed by atoms with van der Waals surface area (Å²) in [7, 11) is 0. The summed E-state index contributed by atoms with van der Waals surface area (Å²) in [4.78, 5) is 29.5. The molecule has 1 aromatic rings. The fourth-order valence-electron chi connectivity index (χ4n) is 2.49. The number of ether oxygens (including phenoxy) is 1. The number of pyridine rings is 1. The average Bonchev–Trinajstić information content (AvgIpc) is 2.53.